The molecule has 0 atom stereocenters. The van der Waals surface area contributed by atoms with E-state index in [9.17, 15) is 0 Å². The zero-order valence-corrected chi connectivity index (χ0v) is 11.3. The van der Waals surface area contributed by atoms with Crippen LogP contribution < -0.4 is 10.6 Å². The third-order valence-electron chi connectivity index (χ3n) is 3.74. The number of rotatable bonds is 2. The van der Waals surface area contributed by atoms with Crippen LogP contribution in [-0.4, -0.2) is 17.4 Å². The molecule has 1 aliphatic rings. The van der Waals surface area contributed by atoms with Crippen molar-refractivity contribution >= 4 is 17.2 Å². The van der Waals surface area contributed by atoms with E-state index in [2.05, 4.69) is 34.1 Å². The second kappa shape index (κ2) is 5.33. The van der Waals surface area contributed by atoms with Gasteiger partial charge >= 0.3 is 0 Å². The van der Waals surface area contributed by atoms with Gasteiger partial charge in [0.2, 0.25) is 0 Å². The summed E-state index contributed by atoms with van der Waals surface area (Å²) in [7, 11) is 0. The molecular formula is C16H18N4. The van der Waals surface area contributed by atoms with Crippen LogP contribution in [0.4, 0.5) is 11.4 Å². The summed E-state index contributed by atoms with van der Waals surface area (Å²) in [6, 6.07) is 10.3. The van der Waals surface area contributed by atoms with Crippen molar-refractivity contribution in [1.82, 2.24) is 4.98 Å². The van der Waals surface area contributed by atoms with Crippen molar-refractivity contribution in [2.75, 3.05) is 11.4 Å². The third-order valence-corrected chi connectivity index (χ3v) is 3.74. The number of anilines is 2. The summed E-state index contributed by atoms with van der Waals surface area (Å²) in [5.41, 5.74) is 9.94. The van der Waals surface area contributed by atoms with Crippen molar-refractivity contribution in [3.05, 3.63) is 53.9 Å². The molecular weight excluding hydrogens is 248 g/mol. The molecule has 4 nitrogen and oxygen atoms in total. The van der Waals surface area contributed by atoms with Crippen molar-refractivity contribution in [1.29, 1.82) is 5.41 Å². The maximum Gasteiger partial charge on any atom is 0.125 e. The van der Waals surface area contributed by atoms with Gasteiger partial charge in [-0.15, -0.1) is 0 Å². The molecule has 0 radical (unpaired) electrons. The number of amidine groups is 1. The van der Waals surface area contributed by atoms with Gasteiger partial charge < -0.3 is 10.6 Å². The van der Waals surface area contributed by atoms with Crippen molar-refractivity contribution < 1.29 is 0 Å². The van der Waals surface area contributed by atoms with Gasteiger partial charge in [-0.05, 0) is 37.0 Å². The molecule has 0 amide bonds. The number of fused-ring (bicyclic) bond motifs is 1. The van der Waals surface area contributed by atoms with Gasteiger partial charge in [0.15, 0.2) is 0 Å². The second-order valence-corrected chi connectivity index (χ2v) is 5.04. The van der Waals surface area contributed by atoms with Crippen LogP contribution in [0.1, 0.15) is 24.0 Å². The standard InChI is InChI=1S/C16H18N4/c17-16(18)13-8-9-19-11-15(13)20-10-4-3-6-12-5-1-2-7-14(12)20/h1-2,5,7-9,11H,3-4,6,10H2,(H3,17,18). The van der Waals surface area contributed by atoms with Gasteiger partial charge in [-0.2, -0.15) is 0 Å². The Morgan fingerprint density at radius 3 is 2.85 bits per heavy atom. The lowest BCUT2D eigenvalue weighted by Gasteiger charge is -2.26. The molecule has 20 heavy (non-hydrogen) atoms. The first-order valence-electron chi connectivity index (χ1n) is 6.91. The summed E-state index contributed by atoms with van der Waals surface area (Å²) in [5, 5.41) is 7.76. The second-order valence-electron chi connectivity index (χ2n) is 5.04. The number of para-hydroxylation sites is 1. The number of hydrogen-bond acceptors (Lipinski definition) is 3. The van der Waals surface area contributed by atoms with Crippen molar-refractivity contribution in [3.63, 3.8) is 0 Å². The first kappa shape index (κ1) is 12.7. The highest BCUT2D eigenvalue weighted by Gasteiger charge is 2.19. The molecule has 1 aliphatic heterocycles. The lowest BCUT2D eigenvalue weighted by Crippen LogP contribution is -2.23. The van der Waals surface area contributed by atoms with Crippen LogP contribution in [0.15, 0.2) is 42.7 Å². The summed E-state index contributed by atoms with van der Waals surface area (Å²) >= 11 is 0. The summed E-state index contributed by atoms with van der Waals surface area (Å²) < 4.78 is 0. The van der Waals surface area contributed by atoms with Crippen LogP contribution in [0.2, 0.25) is 0 Å². The summed E-state index contributed by atoms with van der Waals surface area (Å²) in [5.74, 6) is 0.0872. The third kappa shape index (κ3) is 2.25. The largest absolute Gasteiger partial charge is 0.384 e. The van der Waals surface area contributed by atoms with E-state index in [1.807, 2.05) is 6.07 Å². The molecule has 2 aromatic rings. The molecule has 0 fully saturated rings. The lowest BCUT2D eigenvalue weighted by molar-refractivity contribution is 0.760. The predicted molar refractivity (Wildman–Crippen MR) is 81.6 cm³/mol. The van der Waals surface area contributed by atoms with E-state index in [1.54, 1.807) is 12.4 Å². The Balaban J connectivity index is 2.13. The minimum absolute atomic E-state index is 0.0872. The number of hydrogen-bond donors (Lipinski definition) is 2. The van der Waals surface area contributed by atoms with Gasteiger partial charge in [0.1, 0.15) is 5.84 Å². The molecule has 4 heteroatoms. The fraction of sp³-hybridized carbons (Fsp3) is 0.250. The molecule has 3 N–H and O–H groups in total. The van der Waals surface area contributed by atoms with Gasteiger partial charge in [-0.25, -0.2) is 0 Å². The number of nitrogen functional groups attached to an aromatic ring is 1. The molecule has 1 aromatic heterocycles. The zero-order chi connectivity index (χ0) is 13.9. The summed E-state index contributed by atoms with van der Waals surface area (Å²) in [6.45, 7) is 0.934. The van der Waals surface area contributed by atoms with Gasteiger partial charge in [-0.1, -0.05) is 18.2 Å². The van der Waals surface area contributed by atoms with Crippen LogP contribution in [0.5, 0.6) is 0 Å². The number of pyridine rings is 1. The molecule has 0 bridgehead atoms. The Kier molecular flexibility index (Phi) is 3.37. The van der Waals surface area contributed by atoms with E-state index in [-0.39, 0.29) is 5.84 Å². The van der Waals surface area contributed by atoms with E-state index >= 15 is 0 Å². The Bertz CT molecular complexity index is 636. The van der Waals surface area contributed by atoms with Crippen LogP contribution in [0.3, 0.4) is 0 Å². The quantitative estimate of drug-likeness (QED) is 0.649. The fourth-order valence-corrected chi connectivity index (χ4v) is 2.77. The topological polar surface area (TPSA) is 66.0 Å². The molecule has 2 heterocycles. The smallest absolute Gasteiger partial charge is 0.125 e. The highest BCUT2D eigenvalue weighted by molar-refractivity contribution is 6.01. The van der Waals surface area contributed by atoms with Crippen molar-refractivity contribution in [2.24, 2.45) is 5.73 Å². The van der Waals surface area contributed by atoms with E-state index < -0.39 is 0 Å². The minimum Gasteiger partial charge on any atom is -0.384 e. The Morgan fingerprint density at radius 2 is 2.00 bits per heavy atom. The number of benzene rings is 1. The fourth-order valence-electron chi connectivity index (χ4n) is 2.77. The first-order valence-corrected chi connectivity index (χ1v) is 6.91. The Hall–Kier alpha value is -2.36. The Labute approximate surface area is 118 Å². The normalized spacial score (nSPS) is 14.5. The minimum atomic E-state index is 0.0872. The average Bonchev–Trinajstić information content (AvgIpc) is 2.69. The number of nitrogens with two attached hydrogens (primary N) is 1. The van der Waals surface area contributed by atoms with Gasteiger partial charge in [0.25, 0.3) is 0 Å². The Morgan fingerprint density at radius 1 is 1.15 bits per heavy atom. The summed E-state index contributed by atoms with van der Waals surface area (Å²) in [6.07, 6.45) is 6.90. The van der Waals surface area contributed by atoms with Crippen LogP contribution in [-0.2, 0) is 6.42 Å². The van der Waals surface area contributed by atoms with Gasteiger partial charge in [-0.3, -0.25) is 10.4 Å². The van der Waals surface area contributed by atoms with Crippen LogP contribution in [0.25, 0.3) is 0 Å². The van der Waals surface area contributed by atoms with E-state index in [0.29, 0.717) is 0 Å². The van der Waals surface area contributed by atoms with E-state index in [1.165, 1.54) is 17.7 Å². The number of nitrogens with zero attached hydrogens (tertiary/aromatic N) is 2. The molecule has 102 valence electrons. The zero-order valence-electron chi connectivity index (χ0n) is 11.3. The molecule has 0 saturated carbocycles. The first-order chi connectivity index (χ1) is 9.77. The monoisotopic (exact) mass is 266 g/mol. The number of aromatic nitrogens is 1. The van der Waals surface area contributed by atoms with Crippen molar-refractivity contribution in [2.45, 2.75) is 19.3 Å². The predicted octanol–water partition coefficient (Wildman–Crippen LogP) is 2.84. The molecule has 0 aliphatic carbocycles. The van der Waals surface area contributed by atoms with Crippen LogP contribution in [0, 0.1) is 5.41 Å². The summed E-state index contributed by atoms with van der Waals surface area (Å²) in [4.78, 5) is 6.45. The maximum absolute atomic E-state index is 7.76. The molecule has 0 unspecified atom stereocenters. The highest BCUT2D eigenvalue weighted by atomic mass is 15.1. The molecule has 1 aromatic carbocycles. The van der Waals surface area contributed by atoms with Crippen molar-refractivity contribution in [3.8, 4) is 0 Å². The molecule has 3 rings (SSSR count). The van der Waals surface area contributed by atoms with Gasteiger partial charge in [0, 0.05) is 24.0 Å². The van der Waals surface area contributed by atoms with E-state index in [0.717, 1.165) is 30.6 Å². The lowest BCUT2D eigenvalue weighted by atomic mass is 10.1. The van der Waals surface area contributed by atoms with E-state index in [4.69, 9.17) is 11.1 Å². The van der Waals surface area contributed by atoms with Gasteiger partial charge in [0.05, 0.1) is 11.9 Å². The average molecular weight is 266 g/mol. The SMILES string of the molecule is N=C(N)c1ccncc1N1CCCCc2ccccc21. The molecule has 0 saturated heterocycles. The van der Waals surface area contributed by atoms with Crippen LogP contribution >= 0.6 is 0 Å². The number of nitrogens with one attached hydrogen (secondary N) is 1. The molecule has 0 spiro atoms. The number of aryl methyl sites for hydroxylation is 1. The maximum atomic E-state index is 7.76. The highest BCUT2D eigenvalue weighted by Crippen LogP contribution is 2.33.